The lowest BCUT2D eigenvalue weighted by atomic mass is 10.1. The Kier molecular flexibility index (Phi) is 2.49. The number of amides is 1. The molecule has 19 heavy (non-hydrogen) atoms. The Balaban J connectivity index is 2.13. The first-order valence-corrected chi connectivity index (χ1v) is 5.98. The summed E-state index contributed by atoms with van der Waals surface area (Å²) >= 11 is 0. The second-order valence-electron chi connectivity index (χ2n) is 4.62. The van der Waals surface area contributed by atoms with E-state index in [1.54, 1.807) is 18.2 Å². The number of halogens is 1. The van der Waals surface area contributed by atoms with Crippen molar-refractivity contribution in [1.29, 1.82) is 0 Å². The van der Waals surface area contributed by atoms with E-state index in [4.69, 9.17) is 0 Å². The molecule has 0 bridgehead atoms. The predicted molar refractivity (Wildman–Crippen MR) is 73.4 cm³/mol. The molecule has 2 nitrogen and oxygen atoms in total. The second-order valence-corrected chi connectivity index (χ2v) is 4.62. The molecule has 0 saturated carbocycles. The molecule has 94 valence electrons. The molecule has 2 aromatic carbocycles. The van der Waals surface area contributed by atoms with Gasteiger partial charge in [0.2, 0.25) is 0 Å². The van der Waals surface area contributed by atoms with Gasteiger partial charge in [-0.2, -0.15) is 0 Å². The summed E-state index contributed by atoms with van der Waals surface area (Å²) in [5.74, 6) is -0.532. The van der Waals surface area contributed by atoms with Crippen LogP contribution in [0.15, 0.2) is 49.0 Å². The molecule has 1 amide bonds. The number of hydrogen-bond donors (Lipinski definition) is 0. The highest BCUT2D eigenvalue weighted by atomic mass is 19.1. The van der Waals surface area contributed by atoms with Crippen LogP contribution in [0.5, 0.6) is 0 Å². The topological polar surface area (TPSA) is 20.3 Å². The Bertz CT molecular complexity index is 706. The fraction of sp³-hybridized carbons (Fsp3) is 0.0625. The van der Waals surface area contributed by atoms with E-state index in [-0.39, 0.29) is 11.7 Å². The zero-order valence-corrected chi connectivity index (χ0v) is 10.5. The maximum absolute atomic E-state index is 13.3. The molecule has 0 spiro atoms. The molecule has 0 fully saturated rings. The quantitative estimate of drug-likeness (QED) is 0.757. The minimum absolute atomic E-state index is 0.161. The van der Waals surface area contributed by atoms with Gasteiger partial charge >= 0.3 is 0 Å². The van der Waals surface area contributed by atoms with E-state index in [2.05, 4.69) is 6.58 Å². The van der Waals surface area contributed by atoms with E-state index in [0.717, 1.165) is 11.1 Å². The van der Waals surface area contributed by atoms with Crippen molar-refractivity contribution in [2.45, 2.75) is 6.92 Å². The molecular weight excluding hydrogens is 241 g/mol. The molecule has 0 aliphatic carbocycles. The zero-order chi connectivity index (χ0) is 13.6. The van der Waals surface area contributed by atoms with Gasteiger partial charge in [0.15, 0.2) is 0 Å². The molecule has 0 saturated heterocycles. The number of hydrogen-bond acceptors (Lipinski definition) is 1. The third-order valence-electron chi connectivity index (χ3n) is 3.26. The monoisotopic (exact) mass is 253 g/mol. The highest BCUT2D eigenvalue weighted by Gasteiger charge is 2.32. The molecule has 1 aliphatic heterocycles. The van der Waals surface area contributed by atoms with Crippen molar-refractivity contribution < 1.29 is 9.18 Å². The standard InChI is InChI=1S/C16H12FNO/c1-10-6-7-14-15(8-10)11(2)18(16(14)19)13-5-3-4-12(17)9-13/h3-9H,2H2,1H3. The molecule has 0 unspecified atom stereocenters. The summed E-state index contributed by atoms with van der Waals surface area (Å²) in [5, 5.41) is 0. The van der Waals surface area contributed by atoms with E-state index < -0.39 is 0 Å². The first-order chi connectivity index (χ1) is 9.08. The van der Waals surface area contributed by atoms with Crippen molar-refractivity contribution in [1.82, 2.24) is 0 Å². The highest BCUT2D eigenvalue weighted by Crippen LogP contribution is 2.36. The van der Waals surface area contributed by atoms with Gasteiger partial charge in [-0.05, 0) is 37.3 Å². The largest absolute Gasteiger partial charge is 0.277 e. The maximum atomic E-state index is 13.3. The average Bonchev–Trinajstić information content (AvgIpc) is 2.61. The normalized spacial score (nSPS) is 13.9. The Hall–Kier alpha value is -2.42. The van der Waals surface area contributed by atoms with Crippen LogP contribution in [0.1, 0.15) is 21.5 Å². The number of rotatable bonds is 1. The van der Waals surface area contributed by atoms with Crippen molar-refractivity contribution in [2.75, 3.05) is 4.90 Å². The molecular formula is C16H12FNO. The van der Waals surface area contributed by atoms with Gasteiger partial charge < -0.3 is 0 Å². The third-order valence-corrected chi connectivity index (χ3v) is 3.26. The van der Waals surface area contributed by atoms with Gasteiger partial charge in [-0.15, -0.1) is 0 Å². The smallest absolute Gasteiger partial charge is 0.263 e. The van der Waals surface area contributed by atoms with Crippen LogP contribution in [0.4, 0.5) is 10.1 Å². The van der Waals surface area contributed by atoms with Gasteiger partial charge in [0, 0.05) is 11.1 Å². The van der Waals surface area contributed by atoms with E-state index in [9.17, 15) is 9.18 Å². The first kappa shape index (κ1) is 11.7. The molecule has 1 aliphatic rings. The SMILES string of the molecule is C=C1c2cc(C)ccc2C(=O)N1c1cccc(F)c1. The lowest BCUT2D eigenvalue weighted by Gasteiger charge is -2.17. The molecule has 3 rings (SSSR count). The fourth-order valence-corrected chi connectivity index (χ4v) is 2.34. The minimum Gasteiger partial charge on any atom is -0.277 e. The lowest BCUT2D eigenvalue weighted by Crippen LogP contribution is -2.21. The van der Waals surface area contributed by atoms with Crippen LogP contribution in [-0.4, -0.2) is 5.91 Å². The number of carbonyl (C=O) groups is 1. The number of aryl methyl sites for hydroxylation is 1. The Morgan fingerprint density at radius 1 is 1.11 bits per heavy atom. The molecule has 1 heterocycles. The summed E-state index contributed by atoms with van der Waals surface area (Å²) in [6.07, 6.45) is 0. The summed E-state index contributed by atoms with van der Waals surface area (Å²) in [4.78, 5) is 13.8. The zero-order valence-electron chi connectivity index (χ0n) is 10.5. The Morgan fingerprint density at radius 3 is 2.63 bits per heavy atom. The number of carbonyl (C=O) groups excluding carboxylic acids is 1. The van der Waals surface area contributed by atoms with Gasteiger partial charge in [-0.3, -0.25) is 9.69 Å². The highest BCUT2D eigenvalue weighted by molar-refractivity contribution is 6.22. The molecule has 0 N–H and O–H groups in total. The van der Waals surface area contributed by atoms with Gasteiger partial charge in [-0.25, -0.2) is 4.39 Å². The molecule has 3 heteroatoms. The number of nitrogens with zero attached hydrogens (tertiary/aromatic N) is 1. The van der Waals surface area contributed by atoms with E-state index in [0.29, 0.717) is 16.9 Å². The van der Waals surface area contributed by atoms with Crippen molar-refractivity contribution in [3.8, 4) is 0 Å². The number of anilines is 1. The lowest BCUT2D eigenvalue weighted by molar-refractivity contribution is 0.101. The van der Waals surface area contributed by atoms with Gasteiger partial charge in [0.25, 0.3) is 5.91 Å². The van der Waals surface area contributed by atoms with Crippen molar-refractivity contribution in [3.05, 3.63) is 71.6 Å². The average molecular weight is 253 g/mol. The summed E-state index contributed by atoms with van der Waals surface area (Å²) in [5.41, 5.74) is 3.58. The van der Waals surface area contributed by atoms with E-state index in [1.165, 1.54) is 17.0 Å². The van der Waals surface area contributed by atoms with E-state index >= 15 is 0 Å². The molecule has 0 aromatic heterocycles. The summed E-state index contributed by atoms with van der Waals surface area (Å²) in [7, 11) is 0. The van der Waals surface area contributed by atoms with Crippen LogP contribution in [0, 0.1) is 12.7 Å². The number of fused-ring (bicyclic) bond motifs is 1. The summed E-state index contributed by atoms with van der Waals surface area (Å²) < 4.78 is 13.3. The molecule has 0 radical (unpaired) electrons. The summed E-state index contributed by atoms with van der Waals surface area (Å²) in [6, 6.07) is 11.6. The van der Waals surface area contributed by atoms with Crippen LogP contribution in [0.3, 0.4) is 0 Å². The second kappa shape index (κ2) is 4.05. The van der Waals surface area contributed by atoms with E-state index in [1.807, 2.05) is 19.1 Å². The van der Waals surface area contributed by atoms with Crippen LogP contribution >= 0.6 is 0 Å². The third kappa shape index (κ3) is 1.74. The maximum Gasteiger partial charge on any atom is 0.263 e. The fourth-order valence-electron chi connectivity index (χ4n) is 2.34. The molecule has 2 aromatic rings. The first-order valence-electron chi connectivity index (χ1n) is 5.98. The van der Waals surface area contributed by atoms with Gasteiger partial charge in [0.1, 0.15) is 5.82 Å². The van der Waals surface area contributed by atoms with Crippen molar-refractivity contribution in [2.24, 2.45) is 0 Å². The van der Waals surface area contributed by atoms with Crippen LogP contribution in [0.2, 0.25) is 0 Å². The van der Waals surface area contributed by atoms with Crippen LogP contribution < -0.4 is 4.90 Å². The Morgan fingerprint density at radius 2 is 1.89 bits per heavy atom. The van der Waals surface area contributed by atoms with Crippen molar-refractivity contribution in [3.63, 3.8) is 0 Å². The van der Waals surface area contributed by atoms with Gasteiger partial charge in [-0.1, -0.05) is 24.3 Å². The predicted octanol–water partition coefficient (Wildman–Crippen LogP) is 3.77. The minimum atomic E-state index is -0.370. The van der Waals surface area contributed by atoms with Crippen molar-refractivity contribution >= 4 is 17.3 Å². The molecule has 0 atom stereocenters. The number of benzene rings is 2. The van der Waals surface area contributed by atoms with Gasteiger partial charge in [0.05, 0.1) is 11.4 Å². The Labute approximate surface area is 110 Å². The van der Waals surface area contributed by atoms with Crippen LogP contribution in [0.25, 0.3) is 5.70 Å². The van der Waals surface area contributed by atoms with Crippen LogP contribution in [-0.2, 0) is 0 Å². The summed E-state index contributed by atoms with van der Waals surface area (Å²) in [6.45, 7) is 5.92.